The Morgan fingerprint density at radius 2 is 1.85 bits per heavy atom. The van der Waals surface area contributed by atoms with Crippen LogP contribution in [0.15, 0.2) is 0 Å². The van der Waals surface area contributed by atoms with Gasteiger partial charge in [-0.2, -0.15) is 0 Å². The molecule has 2 aliphatic heterocycles. The minimum absolute atomic E-state index is 0.0476. The van der Waals surface area contributed by atoms with E-state index >= 15 is 0 Å². The number of carboxylic acid groups (broad SMARTS) is 1. The number of carbonyl (C=O) groups is 3. The highest BCUT2D eigenvalue weighted by Gasteiger charge is 2.48. The van der Waals surface area contributed by atoms with Crippen LogP contribution in [0.2, 0.25) is 0 Å². The molecule has 0 aromatic heterocycles. The zero-order valence-corrected chi connectivity index (χ0v) is 11.5. The van der Waals surface area contributed by atoms with Crippen LogP contribution >= 0.6 is 0 Å². The van der Waals surface area contributed by atoms with E-state index in [0.29, 0.717) is 13.1 Å². The zero-order chi connectivity index (χ0) is 14.3. The van der Waals surface area contributed by atoms with E-state index in [2.05, 4.69) is 0 Å². The van der Waals surface area contributed by atoms with Gasteiger partial charge in [-0.05, 0) is 18.8 Å². The number of carbonyl (C=O) groups excluding carboxylic acids is 2. The van der Waals surface area contributed by atoms with Crippen molar-refractivity contribution in [2.75, 3.05) is 13.1 Å². The summed E-state index contributed by atoms with van der Waals surface area (Å²) in [5.41, 5.74) is 0. The van der Waals surface area contributed by atoms with Crippen molar-refractivity contribution in [3.63, 3.8) is 0 Å². The molecular formula is C14H20N2O4. The minimum atomic E-state index is -0.795. The monoisotopic (exact) mass is 280 g/mol. The molecule has 0 aromatic carbocycles. The molecule has 1 aliphatic carbocycles. The number of amides is 2. The number of aliphatic carboxylic acids is 1. The normalized spacial score (nSPS) is 29.2. The van der Waals surface area contributed by atoms with Gasteiger partial charge >= 0.3 is 5.97 Å². The smallest absolute Gasteiger partial charge is 0.303 e. The van der Waals surface area contributed by atoms with Gasteiger partial charge < -0.3 is 5.11 Å². The molecule has 2 heterocycles. The number of likely N-dealkylation sites (tertiary alicyclic amines) is 2. The van der Waals surface area contributed by atoms with E-state index in [1.54, 1.807) is 0 Å². The predicted molar refractivity (Wildman–Crippen MR) is 69.8 cm³/mol. The topological polar surface area (TPSA) is 77.9 Å². The number of hydrogen-bond donors (Lipinski definition) is 1. The van der Waals surface area contributed by atoms with E-state index in [0.717, 1.165) is 25.7 Å². The first-order chi connectivity index (χ1) is 9.56. The molecule has 1 N–H and O–H groups in total. The van der Waals surface area contributed by atoms with Crippen molar-refractivity contribution >= 4 is 17.8 Å². The molecule has 1 unspecified atom stereocenters. The summed E-state index contributed by atoms with van der Waals surface area (Å²) in [6, 6.07) is -0.232. The molecule has 3 rings (SSSR count). The third-order valence-electron chi connectivity index (χ3n) is 4.74. The lowest BCUT2D eigenvalue weighted by Crippen LogP contribution is -2.55. The molecule has 6 heteroatoms. The first kappa shape index (κ1) is 13.5. The minimum Gasteiger partial charge on any atom is -0.481 e. The Bertz CT molecular complexity index is 438. The summed E-state index contributed by atoms with van der Waals surface area (Å²) < 4.78 is 0. The van der Waals surface area contributed by atoms with E-state index in [1.165, 1.54) is 4.90 Å². The second-order valence-corrected chi connectivity index (χ2v) is 6.18. The van der Waals surface area contributed by atoms with Crippen molar-refractivity contribution in [3.8, 4) is 0 Å². The molecule has 1 atom stereocenters. The number of imide groups is 1. The van der Waals surface area contributed by atoms with Crippen molar-refractivity contribution in [2.24, 2.45) is 5.92 Å². The maximum absolute atomic E-state index is 12.4. The first-order valence-corrected chi connectivity index (χ1v) is 7.38. The Labute approximate surface area is 117 Å². The maximum atomic E-state index is 12.4. The maximum Gasteiger partial charge on any atom is 0.303 e. The van der Waals surface area contributed by atoms with Crippen molar-refractivity contribution in [1.29, 1.82) is 0 Å². The average Bonchev–Trinajstić information content (AvgIpc) is 2.92. The molecule has 20 heavy (non-hydrogen) atoms. The summed E-state index contributed by atoms with van der Waals surface area (Å²) in [4.78, 5) is 38.6. The second kappa shape index (κ2) is 5.16. The highest BCUT2D eigenvalue weighted by atomic mass is 16.4. The van der Waals surface area contributed by atoms with Crippen molar-refractivity contribution in [1.82, 2.24) is 9.80 Å². The molecule has 0 bridgehead atoms. The van der Waals surface area contributed by atoms with Gasteiger partial charge in [0, 0.05) is 19.1 Å². The summed E-state index contributed by atoms with van der Waals surface area (Å²) in [5, 5.41) is 8.73. The summed E-state index contributed by atoms with van der Waals surface area (Å²) in [6.45, 7) is 1.24. The third kappa shape index (κ3) is 2.32. The molecule has 6 nitrogen and oxygen atoms in total. The van der Waals surface area contributed by atoms with E-state index < -0.39 is 5.97 Å². The summed E-state index contributed by atoms with van der Waals surface area (Å²) in [5.74, 6) is -0.781. The van der Waals surface area contributed by atoms with E-state index in [1.807, 2.05) is 4.90 Å². The van der Waals surface area contributed by atoms with E-state index in [4.69, 9.17) is 5.11 Å². The van der Waals surface area contributed by atoms with Crippen LogP contribution in [-0.4, -0.2) is 57.9 Å². The number of carboxylic acids is 1. The first-order valence-electron chi connectivity index (χ1n) is 7.38. The lowest BCUT2D eigenvalue weighted by Gasteiger charge is -2.41. The summed E-state index contributed by atoms with van der Waals surface area (Å²) in [7, 11) is 0. The SMILES string of the molecule is O=C(O)CC1CN(C2CC(=O)N(C3CCCC3)C2=O)C1. The van der Waals surface area contributed by atoms with Crippen LogP contribution in [0, 0.1) is 5.92 Å². The van der Waals surface area contributed by atoms with Crippen LogP contribution < -0.4 is 0 Å². The Morgan fingerprint density at radius 3 is 2.45 bits per heavy atom. The molecule has 0 spiro atoms. The molecule has 0 aromatic rings. The zero-order valence-electron chi connectivity index (χ0n) is 11.5. The van der Waals surface area contributed by atoms with Crippen LogP contribution in [0.5, 0.6) is 0 Å². The highest BCUT2D eigenvalue weighted by Crippen LogP contribution is 2.32. The standard InChI is InChI=1S/C14H20N2O4/c17-12-6-11(15-7-9(8-15)5-13(18)19)14(20)16(12)10-3-1-2-4-10/h9-11H,1-8H2,(H,18,19). The largest absolute Gasteiger partial charge is 0.481 e. The van der Waals surface area contributed by atoms with Gasteiger partial charge in [-0.3, -0.25) is 24.2 Å². The van der Waals surface area contributed by atoms with Gasteiger partial charge in [-0.1, -0.05) is 12.8 Å². The third-order valence-corrected chi connectivity index (χ3v) is 4.74. The summed E-state index contributed by atoms with van der Waals surface area (Å²) >= 11 is 0. The van der Waals surface area contributed by atoms with Gasteiger partial charge in [0.05, 0.1) is 18.9 Å². The molecule has 2 saturated heterocycles. The number of rotatable bonds is 4. The molecule has 2 amide bonds. The van der Waals surface area contributed by atoms with Crippen molar-refractivity contribution in [2.45, 2.75) is 50.6 Å². The van der Waals surface area contributed by atoms with E-state index in [9.17, 15) is 14.4 Å². The highest BCUT2D eigenvalue weighted by molar-refractivity contribution is 6.06. The van der Waals surface area contributed by atoms with Gasteiger partial charge in [0.2, 0.25) is 11.8 Å². The van der Waals surface area contributed by atoms with Crippen LogP contribution in [-0.2, 0) is 14.4 Å². The van der Waals surface area contributed by atoms with Crippen molar-refractivity contribution < 1.29 is 19.5 Å². The van der Waals surface area contributed by atoms with Gasteiger partial charge in [0.25, 0.3) is 0 Å². The van der Waals surface area contributed by atoms with Gasteiger partial charge in [-0.25, -0.2) is 0 Å². The Kier molecular flexibility index (Phi) is 3.50. The van der Waals surface area contributed by atoms with Gasteiger partial charge in [-0.15, -0.1) is 0 Å². The fraction of sp³-hybridized carbons (Fsp3) is 0.786. The van der Waals surface area contributed by atoms with Crippen LogP contribution in [0.1, 0.15) is 38.5 Å². The molecular weight excluding hydrogens is 260 g/mol. The lowest BCUT2D eigenvalue weighted by atomic mass is 9.94. The summed E-state index contributed by atoms with van der Waals surface area (Å²) in [6.07, 6.45) is 4.48. The van der Waals surface area contributed by atoms with Gasteiger partial charge in [0.15, 0.2) is 0 Å². The van der Waals surface area contributed by atoms with E-state index in [-0.39, 0.29) is 42.7 Å². The number of nitrogens with zero attached hydrogens (tertiary/aromatic N) is 2. The van der Waals surface area contributed by atoms with Crippen molar-refractivity contribution in [3.05, 3.63) is 0 Å². The van der Waals surface area contributed by atoms with Crippen LogP contribution in [0.25, 0.3) is 0 Å². The molecule has 3 aliphatic rings. The second-order valence-electron chi connectivity index (χ2n) is 6.18. The fourth-order valence-electron chi connectivity index (χ4n) is 3.71. The Hall–Kier alpha value is -1.43. The fourth-order valence-corrected chi connectivity index (χ4v) is 3.71. The quantitative estimate of drug-likeness (QED) is 0.757. The average molecular weight is 280 g/mol. The Balaban J connectivity index is 1.58. The Morgan fingerprint density at radius 1 is 1.20 bits per heavy atom. The predicted octanol–water partition coefficient (Wildman–Crippen LogP) is 0.463. The lowest BCUT2D eigenvalue weighted by molar-refractivity contribution is -0.143. The molecule has 3 fully saturated rings. The molecule has 0 radical (unpaired) electrons. The van der Waals surface area contributed by atoms with Crippen LogP contribution in [0.3, 0.4) is 0 Å². The molecule has 1 saturated carbocycles. The van der Waals surface area contributed by atoms with Crippen LogP contribution in [0.4, 0.5) is 0 Å². The number of hydrogen-bond acceptors (Lipinski definition) is 4. The van der Waals surface area contributed by atoms with Gasteiger partial charge in [0.1, 0.15) is 0 Å². The molecule has 110 valence electrons.